The molecule has 3 heteroatoms. The van der Waals surface area contributed by atoms with Crippen LogP contribution in [0.15, 0.2) is 36.5 Å². The maximum atomic E-state index is 5.06. The Kier molecular flexibility index (Phi) is 4.74. The lowest BCUT2D eigenvalue weighted by Crippen LogP contribution is -2.18. The fourth-order valence-corrected chi connectivity index (χ4v) is 2.28. The minimum absolute atomic E-state index is 0.315. The molecular weight excluding hydrogens is 248 g/mol. The Hall–Kier alpha value is -1.87. The van der Waals surface area contributed by atoms with Crippen LogP contribution in [0.2, 0.25) is 0 Å². The zero-order valence-electron chi connectivity index (χ0n) is 12.6. The molecule has 2 aromatic rings. The number of methoxy groups -OCH3 is 1. The molecule has 0 amide bonds. The second kappa shape index (κ2) is 6.53. The summed E-state index contributed by atoms with van der Waals surface area (Å²) < 4.78 is 5.06. The fourth-order valence-electron chi connectivity index (χ4n) is 2.28. The maximum absolute atomic E-state index is 5.06. The molecule has 1 unspecified atom stereocenters. The Labute approximate surface area is 121 Å². The summed E-state index contributed by atoms with van der Waals surface area (Å²) in [6, 6.07) is 10.9. The Morgan fingerprint density at radius 3 is 2.40 bits per heavy atom. The average molecular weight is 270 g/mol. The smallest absolute Gasteiger partial charge is 0.212 e. The molecule has 1 aromatic heterocycles. The molecular formula is C17H22N2O. The van der Waals surface area contributed by atoms with Gasteiger partial charge in [0.05, 0.1) is 7.11 Å². The first kappa shape index (κ1) is 14.5. The highest BCUT2D eigenvalue weighted by atomic mass is 16.5. The molecule has 0 saturated heterocycles. The molecule has 106 valence electrons. The van der Waals surface area contributed by atoms with E-state index in [9.17, 15) is 0 Å². The van der Waals surface area contributed by atoms with Crippen LogP contribution in [0, 0.1) is 13.8 Å². The van der Waals surface area contributed by atoms with E-state index in [0.717, 1.165) is 12.1 Å². The number of ether oxygens (including phenoxy) is 1. The van der Waals surface area contributed by atoms with Crippen LogP contribution >= 0.6 is 0 Å². The highest BCUT2D eigenvalue weighted by molar-refractivity contribution is 5.30. The summed E-state index contributed by atoms with van der Waals surface area (Å²) in [5, 5.41) is 3.53. The average Bonchev–Trinajstić information content (AvgIpc) is 2.44. The van der Waals surface area contributed by atoms with Crippen LogP contribution in [-0.4, -0.2) is 12.1 Å². The summed E-state index contributed by atoms with van der Waals surface area (Å²) in [6.07, 6.45) is 1.85. The highest BCUT2D eigenvalue weighted by Gasteiger charge is 2.06. The van der Waals surface area contributed by atoms with Gasteiger partial charge in [0.2, 0.25) is 5.88 Å². The standard InChI is InChI=1S/C17H22N2O/c1-12-7-13(2)9-16(8-12)14(3)18-10-15-5-6-17(20-4)19-11-15/h5-9,11,14,18H,10H2,1-4H3. The molecule has 1 heterocycles. The number of nitrogens with zero attached hydrogens (tertiary/aromatic N) is 1. The molecule has 0 fully saturated rings. The number of pyridine rings is 1. The van der Waals surface area contributed by atoms with Crippen molar-refractivity contribution in [3.8, 4) is 5.88 Å². The van der Waals surface area contributed by atoms with Gasteiger partial charge in [0.25, 0.3) is 0 Å². The van der Waals surface area contributed by atoms with Crippen LogP contribution < -0.4 is 10.1 Å². The van der Waals surface area contributed by atoms with Gasteiger partial charge in [-0.2, -0.15) is 0 Å². The van der Waals surface area contributed by atoms with Crippen LogP contribution in [0.1, 0.15) is 35.2 Å². The number of hydrogen-bond acceptors (Lipinski definition) is 3. The van der Waals surface area contributed by atoms with Gasteiger partial charge in [0.15, 0.2) is 0 Å². The van der Waals surface area contributed by atoms with Gasteiger partial charge in [-0.05, 0) is 31.9 Å². The van der Waals surface area contributed by atoms with E-state index < -0.39 is 0 Å². The predicted molar refractivity (Wildman–Crippen MR) is 82.0 cm³/mol. The lowest BCUT2D eigenvalue weighted by molar-refractivity contribution is 0.397. The third-order valence-corrected chi connectivity index (χ3v) is 3.36. The monoisotopic (exact) mass is 270 g/mol. The second-order valence-corrected chi connectivity index (χ2v) is 5.23. The van der Waals surface area contributed by atoms with E-state index >= 15 is 0 Å². The van der Waals surface area contributed by atoms with E-state index in [2.05, 4.69) is 49.3 Å². The molecule has 2 rings (SSSR count). The van der Waals surface area contributed by atoms with Crippen LogP contribution in [0.3, 0.4) is 0 Å². The van der Waals surface area contributed by atoms with Crippen LogP contribution in [-0.2, 0) is 6.54 Å². The van der Waals surface area contributed by atoms with Crippen molar-refractivity contribution in [3.63, 3.8) is 0 Å². The van der Waals surface area contributed by atoms with Crippen molar-refractivity contribution in [1.82, 2.24) is 10.3 Å². The van der Waals surface area contributed by atoms with Gasteiger partial charge in [-0.25, -0.2) is 4.98 Å². The van der Waals surface area contributed by atoms with Crippen LogP contribution in [0.4, 0.5) is 0 Å². The fraction of sp³-hybridized carbons (Fsp3) is 0.353. The number of aromatic nitrogens is 1. The Bertz CT molecular complexity index is 543. The number of benzene rings is 1. The van der Waals surface area contributed by atoms with E-state index in [0.29, 0.717) is 11.9 Å². The Balaban J connectivity index is 1.98. The minimum atomic E-state index is 0.315. The topological polar surface area (TPSA) is 34.1 Å². The molecule has 0 aliphatic carbocycles. The second-order valence-electron chi connectivity index (χ2n) is 5.23. The van der Waals surface area contributed by atoms with Crippen LogP contribution in [0.5, 0.6) is 5.88 Å². The van der Waals surface area contributed by atoms with Crippen molar-refractivity contribution in [2.75, 3.05) is 7.11 Å². The van der Waals surface area contributed by atoms with Crippen molar-refractivity contribution in [2.45, 2.75) is 33.4 Å². The number of nitrogens with one attached hydrogen (secondary N) is 1. The van der Waals surface area contributed by atoms with Gasteiger partial charge in [0, 0.05) is 24.8 Å². The summed E-state index contributed by atoms with van der Waals surface area (Å²) in [5.74, 6) is 0.649. The number of aryl methyl sites for hydroxylation is 2. The maximum Gasteiger partial charge on any atom is 0.212 e. The van der Waals surface area contributed by atoms with Crippen molar-refractivity contribution in [3.05, 3.63) is 58.8 Å². The lowest BCUT2D eigenvalue weighted by Gasteiger charge is -2.16. The van der Waals surface area contributed by atoms with Crippen molar-refractivity contribution < 1.29 is 4.74 Å². The summed E-state index contributed by atoms with van der Waals surface area (Å²) in [5.41, 5.74) is 5.09. The van der Waals surface area contributed by atoms with Crippen LogP contribution in [0.25, 0.3) is 0 Å². The van der Waals surface area contributed by atoms with E-state index in [1.807, 2.05) is 18.3 Å². The Morgan fingerprint density at radius 1 is 1.15 bits per heavy atom. The van der Waals surface area contributed by atoms with Gasteiger partial charge in [-0.3, -0.25) is 0 Å². The molecule has 1 aromatic carbocycles. The van der Waals surface area contributed by atoms with Crippen molar-refractivity contribution in [1.29, 1.82) is 0 Å². The molecule has 0 aliphatic heterocycles. The third-order valence-electron chi connectivity index (χ3n) is 3.36. The highest BCUT2D eigenvalue weighted by Crippen LogP contribution is 2.17. The Morgan fingerprint density at radius 2 is 1.85 bits per heavy atom. The quantitative estimate of drug-likeness (QED) is 0.902. The molecule has 0 bridgehead atoms. The third kappa shape index (κ3) is 3.81. The lowest BCUT2D eigenvalue weighted by atomic mass is 10.0. The summed E-state index contributed by atoms with van der Waals surface area (Å²) in [4.78, 5) is 4.21. The summed E-state index contributed by atoms with van der Waals surface area (Å²) in [7, 11) is 1.63. The van der Waals surface area contributed by atoms with E-state index in [1.54, 1.807) is 7.11 Å². The van der Waals surface area contributed by atoms with Gasteiger partial charge < -0.3 is 10.1 Å². The largest absolute Gasteiger partial charge is 0.481 e. The molecule has 0 aliphatic rings. The van der Waals surface area contributed by atoms with Gasteiger partial charge in [-0.15, -0.1) is 0 Å². The van der Waals surface area contributed by atoms with E-state index in [4.69, 9.17) is 4.74 Å². The molecule has 20 heavy (non-hydrogen) atoms. The zero-order chi connectivity index (χ0) is 14.5. The van der Waals surface area contributed by atoms with Crippen molar-refractivity contribution in [2.24, 2.45) is 0 Å². The molecule has 0 radical (unpaired) electrons. The zero-order valence-corrected chi connectivity index (χ0v) is 12.6. The molecule has 1 atom stereocenters. The minimum Gasteiger partial charge on any atom is -0.481 e. The predicted octanol–water partition coefficient (Wildman–Crippen LogP) is 3.56. The molecule has 0 spiro atoms. The van der Waals surface area contributed by atoms with Gasteiger partial charge >= 0.3 is 0 Å². The van der Waals surface area contributed by atoms with Gasteiger partial charge in [-0.1, -0.05) is 35.4 Å². The SMILES string of the molecule is COc1ccc(CNC(C)c2cc(C)cc(C)c2)cn1. The first-order valence-corrected chi connectivity index (χ1v) is 6.89. The normalized spacial score (nSPS) is 12.2. The van der Waals surface area contributed by atoms with E-state index in [1.165, 1.54) is 16.7 Å². The molecule has 3 nitrogen and oxygen atoms in total. The van der Waals surface area contributed by atoms with Gasteiger partial charge in [0.1, 0.15) is 0 Å². The molecule has 1 N–H and O–H groups in total. The van der Waals surface area contributed by atoms with E-state index in [-0.39, 0.29) is 0 Å². The summed E-state index contributed by atoms with van der Waals surface area (Å²) >= 11 is 0. The molecule has 0 saturated carbocycles. The first-order chi connectivity index (χ1) is 9.58. The summed E-state index contributed by atoms with van der Waals surface area (Å²) in [6.45, 7) is 7.25. The first-order valence-electron chi connectivity index (χ1n) is 6.89. The van der Waals surface area contributed by atoms with Crippen molar-refractivity contribution >= 4 is 0 Å². The number of hydrogen-bond donors (Lipinski definition) is 1. The number of rotatable bonds is 5.